The summed E-state index contributed by atoms with van der Waals surface area (Å²) in [6.07, 6.45) is 0.439. The van der Waals surface area contributed by atoms with E-state index in [1.54, 1.807) is 39.0 Å². The Morgan fingerprint density at radius 3 is 2.38 bits per heavy atom. The lowest BCUT2D eigenvalue weighted by atomic mass is 9.94. The molecule has 0 radical (unpaired) electrons. The molecule has 2 N–H and O–H groups in total. The highest BCUT2D eigenvalue weighted by Gasteiger charge is 2.24. The van der Waals surface area contributed by atoms with Crippen LogP contribution in [0.4, 0.5) is 0 Å². The maximum absolute atomic E-state index is 13.7. The number of nitrogens with zero attached hydrogens (tertiary/aromatic N) is 3. The number of aromatic carboxylic acids is 1. The molecule has 0 unspecified atom stereocenters. The van der Waals surface area contributed by atoms with Crippen LogP contribution < -0.4 is 5.56 Å². The van der Waals surface area contributed by atoms with Gasteiger partial charge in [-0.25, -0.2) is 4.79 Å². The molecule has 0 aliphatic carbocycles. The largest absolute Gasteiger partial charge is 0.477 e. The third-order valence-electron chi connectivity index (χ3n) is 6.19. The van der Waals surface area contributed by atoms with Crippen molar-refractivity contribution >= 4 is 34.1 Å². The van der Waals surface area contributed by atoms with E-state index in [0.717, 1.165) is 5.56 Å². The summed E-state index contributed by atoms with van der Waals surface area (Å²) in [6, 6.07) is 15.6. The molecule has 0 amide bonds. The van der Waals surface area contributed by atoms with Crippen LogP contribution in [-0.4, -0.2) is 41.9 Å². The number of pyridine rings is 1. The first-order chi connectivity index (χ1) is 17.5. The van der Waals surface area contributed by atoms with E-state index < -0.39 is 17.1 Å². The lowest BCUT2D eigenvalue weighted by molar-refractivity contribution is 0.0607. The minimum atomic E-state index is -1.18. The Morgan fingerprint density at radius 1 is 1.05 bits per heavy atom. The van der Waals surface area contributed by atoms with Gasteiger partial charge in [-0.3, -0.25) is 18.8 Å². The van der Waals surface area contributed by atoms with Crippen molar-refractivity contribution in [2.45, 2.75) is 52.3 Å². The van der Waals surface area contributed by atoms with Gasteiger partial charge in [-0.2, -0.15) is 5.10 Å². The molecule has 0 saturated heterocycles. The average molecular weight is 522 g/mol. The van der Waals surface area contributed by atoms with Crippen molar-refractivity contribution in [3.8, 4) is 11.1 Å². The van der Waals surface area contributed by atoms with Crippen LogP contribution in [-0.2, 0) is 13.1 Å². The van der Waals surface area contributed by atoms with Crippen molar-refractivity contribution < 1.29 is 19.8 Å². The van der Waals surface area contributed by atoms with Crippen molar-refractivity contribution in [2.75, 3.05) is 0 Å². The van der Waals surface area contributed by atoms with Crippen molar-refractivity contribution in [1.29, 1.82) is 0 Å². The number of carboxylic acid groups (broad SMARTS) is 1. The Kier molecular flexibility index (Phi) is 7.34. The molecule has 0 aliphatic heterocycles. The Balaban J connectivity index is 1.96. The summed E-state index contributed by atoms with van der Waals surface area (Å²) in [5.74, 6) is -1.41. The number of rotatable bonds is 9. The number of aliphatic hydroxyl groups is 1. The van der Waals surface area contributed by atoms with E-state index in [1.807, 2.05) is 30.3 Å². The van der Waals surface area contributed by atoms with Crippen molar-refractivity contribution in [3.05, 3.63) is 87.1 Å². The molecule has 4 aromatic rings. The quantitative estimate of drug-likeness (QED) is 0.299. The van der Waals surface area contributed by atoms with Crippen LogP contribution in [0.2, 0.25) is 5.02 Å². The van der Waals surface area contributed by atoms with Gasteiger partial charge in [-0.05, 0) is 55.5 Å². The second kappa shape index (κ2) is 10.3. The van der Waals surface area contributed by atoms with Crippen molar-refractivity contribution in [2.24, 2.45) is 0 Å². The summed E-state index contributed by atoms with van der Waals surface area (Å²) in [6.45, 7) is 5.06. The molecule has 0 spiro atoms. The molecule has 192 valence electrons. The Labute approximate surface area is 218 Å². The molecular weight excluding hydrogens is 494 g/mol. The van der Waals surface area contributed by atoms with Gasteiger partial charge < -0.3 is 10.2 Å². The summed E-state index contributed by atoms with van der Waals surface area (Å²) in [5.41, 5.74) is 0.400. The molecule has 4 rings (SSSR count). The van der Waals surface area contributed by atoms with Gasteiger partial charge in [0.1, 0.15) is 5.69 Å². The van der Waals surface area contributed by atoms with Crippen LogP contribution >= 0.6 is 11.6 Å². The summed E-state index contributed by atoms with van der Waals surface area (Å²) in [7, 11) is 0. The Morgan fingerprint density at radius 2 is 1.76 bits per heavy atom. The number of halogens is 1. The van der Waals surface area contributed by atoms with Gasteiger partial charge in [-0.15, -0.1) is 0 Å². The van der Waals surface area contributed by atoms with Gasteiger partial charge in [0.25, 0.3) is 5.56 Å². The van der Waals surface area contributed by atoms with Crippen LogP contribution in [0.5, 0.6) is 0 Å². The number of ketones is 1. The number of hydrogen-bond acceptors (Lipinski definition) is 5. The third kappa shape index (κ3) is 5.50. The maximum atomic E-state index is 13.7. The van der Waals surface area contributed by atoms with E-state index in [9.17, 15) is 24.6 Å². The Bertz CT molecular complexity index is 1550. The van der Waals surface area contributed by atoms with E-state index >= 15 is 0 Å². The van der Waals surface area contributed by atoms with Gasteiger partial charge in [0.15, 0.2) is 5.78 Å². The summed E-state index contributed by atoms with van der Waals surface area (Å²) < 4.78 is 2.68. The van der Waals surface area contributed by atoms with Crippen LogP contribution in [0.3, 0.4) is 0 Å². The number of Topliss-reactive ketones (excluding diaryl/α,β-unsaturated/α-hetero) is 1. The zero-order valence-corrected chi connectivity index (χ0v) is 21.6. The first kappa shape index (κ1) is 26.3. The topological polar surface area (TPSA) is 114 Å². The number of hydrogen-bond donors (Lipinski definition) is 2. The lowest BCUT2D eigenvalue weighted by Gasteiger charge is -2.19. The third-order valence-corrected chi connectivity index (χ3v) is 6.42. The fourth-order valence-electron chi connectivity index (χ4n) is 4.36. The monoisotopic (exact) mass is 521 g/mol. The molecule has 0 saturated carbocycles. The number of carbonyl (C=O) groups is 2. The highest BCUT2D eigenvalue weighted by atomic mass is 35.5. The first-order valence-corrected chi connectivity index (χ1v) is 12.3. The highest BCUT2D eigenvalue weighted by Crippen LogP contribution is 2.33. The molecular formula is C28H28ClN3O5. The number of carboxylic acids is 1. The predicted molar refractivity (Wildman–Crippen MR) is 142 cm³/mol. The highest BCUT2D eigenvalue weighted by molar-refractivity contribution is 6.31. The molecule has 9 heteroatoms. The van der Waals surface area contributed by atoms with Gasteiger partial charge in [0.2, 0.25) is 0 Å². The summed E-state index contributed by atoms with van der Waals surface area (Å²) in [5, 5.41) is 25.6. The summed E-state index contributed by atoms with van der Waals surface area (Å²) in [4.78, 5) is 39.0. The number of benzene rings is 2. The van der Waals surface area contributed by atoms with Crippen LogP contribution in [0.15, 0.2) is 59.4 Å². The second-order valence-corrected chi connectivity index (χ2v) is 10.00. The fraction of sp³-hybridized carbons (Fsp3) is 0.286. The number of fused-ring (bicyclic) bond motifs is 1. The number of carbonyl (C=O) groups excluding carboxylic acids is 1. The van der Waals surface area contributed by atoms with Crippen LogP contribution in [0.25, 0.3) is 21.9 Å². The molecule has 0 atom stereocenters. The van der Waals surface area contributed by atoms with Crippen LogP contribution in [0.1, 0.15) is 60.3 Å². The minimum absolute atomic E-state index is 0.0634. The molecule has 0 bridgehead atoms. The van der Waals surface area contributed by atoms with E-state index in [4.69, 9.17) is 11.6 Å². The molecule has 2 aromatic carbocycles. The lowest BCUT2D eigenvalue weighted by Crippen LogP contribution is -2.28. The normalized spacial score (nSPS) is 11.7. The fourth-order valence-corrected chi connectivity index (χ4v) is 4.53. The maximum Gasteiger partial charge on any atom is 0.354 e. The zero-order valence-electron chi connectivity index (χ0n) is 20.9. The van der Waals surface area contributed by atoms with E-state index in [1.165, 1.54) is 15.3 Å². The first-order valence-electron chi connectivity index (χ1n) is 12.0. The van der Waals surface area contributed by atoms with Crippen LogP contribution in [0, 0.1) is 0 Å². The molecule has 37 heavy (non-hydrogen) atoms. The van der Waals surface area contributed by atoms with Gasteiger partial charge in [-0.1, -0.05) is 48.9 Å². The van der Waals surface area contributed by atoms with Gasteiger partial charge >= 0.3 is 5.97 Å². The average Bonchev–Trinajstić information content (AvgIpc) is 3.27. The molecule has 8 nitrogen and oxygen atoms in total. The standard InChI is InChI=1S/C28H28ClN3O5/c1-4-23(33)25-24(17-8-6-5-7-9-17)21-14-18(29)10-11-20(21)26(34)31(25)16-19-15-22(27(35)36)32(30-19)13-12-28(2,3)37/h5-11,14-15,37H,4,12-13,16H2,1-3H3,(H,35,36). The number of aryl methyl sites for hydroxylation is 1. The second-order valence-electron chi connectivity index (χ2n) is 9.56. The van der Waals surface area contributed by atoms with Gasteiger partial charge in [0.05, 0.1) is 23.5 Å². The van der Waals surface area contributed by atoms with Gasteiger partial charge in [0, 0.05) is 28.9 Å². The number of aromatic nitrogens is 3. The Hall–Kier alpha value is -3.75. The molecule has 0 fully saturated rings. The molecule has 2 heterocycles. The SMILES string of the molecule is CCC(=O)c1c(-c2ccccc2)c2cc(Cl)ccc2c(=O)n1Cc1cc(C(=O)O)n(CCC(C)(C)O)n1. The van der Waals surface area contributed by atoms with Crippen molar-refractivity contribution in [1.82, 2.24) is 14.3 Å². The molecule has 0 aliphatic rings. The summed E-state index contributed by atoms with van der Waals surface area (Å²) >= 11 is 6.30. The zero-order chi connectivity index (χ0) is 26.9. The van der Waals surface area contributed by atoms with E-state index in [2.05, 4.69) is 5.10 Å². The smallest absolute Gasteiger partial charge is 0.354 e. The minimum Gasteiger partial charge on any atom is -0.477 e. The molecule has 2 aromatic heterocycles. The van der Waals surface area contributed by atoms with Crippen molar-refractivity contribution in [3.63, 3.8) is 0 Å². The van der Waals surface area contributed by atoms with E-state index in [-0.39, 0.29) is 43.1 Å². The van der Waals surface area contributed by atoms with E-state index in [0.29, 0.717) is 27.1 Å². The predicted octanol–water partition coefficient (Wildman–Crippen LogP) is 5.02.